The molecule has 21 heavy (non-hydrogen) atoms. The van der Waals surface area contributed by atoms with Gasteiger partial charge in [-0.25, -0.2) is 0 Å². The third kappa shape index (κ3) is 2.23. The number of hydrogen-bond acceptors (Lipinski definition) is 5. The summed E-state index contributed by atoms with van der Waals surface area (Å²) in [5, 5.41) is 4.31. The highest BCUT2D eigenvalue weighted by atomic mass is 16.5. The molecule has 3 rings (SSSR count). The molecule has 6 heteroatoms. The van der Waals surface area contributed by atoms with E-state index in [1.54, 1.807) is 25.7 Å². The summed E-state index contributed by atoms with van der Waals surface area (Å²) >= 11 is 0. The van der Waals surface area contributed by atoms with Crippen molar-refractivity contribution in [1.29, 1.82) is 0 Å². The van der Waals surface area contributed by atoms with Crippen LogP contribution in [0.4, 0.5) is 0 Å². The van der Waals surface area contributed by atoms with Gasteiger partial charge in [-0.15, -0.1) is 0 Å². The van der Waals surface area contributed by atoms with Gasteiger partial charge in [-0.1, -0.05) is 12.1 Å². The first-order chi connectivity index (χ1) is 10.3. The van der Waals surface area contributed by atoms with E-state index in [2.05, 4.69) is 15.1 Å². The van der Waals surface area contributed by atoms with Crippen LogP contribution in [0.3, 0.4) is 0 Å². The highest BCUT2D eigenvalue weighted by molar-refractivity contribution is 5.78. The molecule has 1 aromatic carbocycles. The summed E-state index contributed by atoms with van der Waals surface area (Å²) in [6, 6.07) is 5.45. The molecular weight excluding hydrogens is 266 g/mol. The van der Waals surface area contributed by atoms with Crippen LogP contribution in [-0.2, 0) is 6.54 Å². The predicted molar refractivity (Wildman–Crippen MR) is 80.0 cm³/mol. The minimum Gasteiger partial charge on any atom is -0.493 e. The second-order valence-electron chi connectivity index (χ2n) is 4.66. The molecule has 0 saturated carbocycles. The Hall–Kier alpha value is -2.47. The zero-order valence-electron chi connectivity index (χ0n) is 12.0. The maximum absolute atomic E-state index is 6.47. The van der Waals surface area contributed by atoms with E-state index in [0.717, 1.165) is 28.8 Å². The largest absolute Gasteiger partial charge is 0.493 e. The average Bonchev–Trinajstić information content (AvgIpc) is 2.96. The van der Waals surface area contributed by atoms with Crippen molar-refractivity contribution in [1.82, 2.24) is 19.7 Å². The fourth-order valence-corrected chi connectivity index (χ4v) is 2.51. The second kappa shape index (κ2) is 5.49. The van der Waals surface area contributed by atoms with E-state index in [4.69, 9.17) is 10.5 Å². The van der Waals surface area contributed by atoms with Gasteiger partial charge < -0.3 is 10.5 Å². The third-order valence-electron chi connectivity index (χ3n) is 3.52. The van der Waals surface area contributed by atoms with E-state index in [1.165, 1.54) is 0 Å². The molecule has 108 valence electrons. The zero-order valence-corrected chi connectivity index (χ0v) is 12.0. The van der Waals surface area contributed by atoms with Crippen molar-refractivity contribution in [3.8, 4) is 5.75 Å². The van der Waals surface area contributed by atoms with Crippen LogP contribution in [0.25, 0.3) is 11.0 Å². The summed E-state index contributed by atoms with van der Waals surface area (Å²) in [6.45, 7) is 2.74. The minimum absolute atomic E-state index is 0.372. The van der Waals surface area contributed by atoms with Gasteiger partial charge >= 0.3 is 0 Å². The summed E-state index contributed by atoms with van der Waals surface area (Å²) in [4.78, 5) is 8.73. The molecule has 3 aromatic rings. The normalized spacial score (nSPS) is 12.5. The number of methoxy groups -OCH3 is 1. The van der Waals surface area contributed by atoms with Crippen LogP contribution < -0.4 is 10.5 Å². The summed E-state index contributed by atoms with van der Waals surface area (Å²) in [7, 11) is 1.62. The Balaban J connectivity index is 2.17. The Morgan fingerprint density at radius 1 is 1.29 bits per heavy atom. The molecule has 0 radical (unpaired) electrons. The SMILES string of the molecule is CCn1ncc(OC)c1C(N)c1cccc2nccnc12. The molecule has 0 aliphatic heterocycles. The summed E-state index contributed by atoms with van der Waals surface area (Å²) in [5.41, 5.74) is 9.86. The number of rotatable bonds is 4. The number of nitrogens with zero attached hydrogens (tertiary/aromatic N) is 4. The van der Waals surface area contributed by atoms with Crippen molar-refractivity contribution in [3.63, 3.8) is 0 Å². The number of ether oxygens (including phenoxy) is 1. The highest BCUT2D eigenvalue weighted by Gasteiger charge is 2.22. The minimum atomic E-state index is -0.372. The van der Waals surface area contributed by atoms with Crippen LogP contribution in [0.1, 0.15) is 24.2 Å². The average molecular weight is 283 g/mol. The van der Waals surface area contributed by atoms with E-state index in [1.807, 2.05) is 29.8 Å². The Morgan fingerprint density at radius 3 is 2.86 bits per heavy atom. The highest BCUT2D eigenvalue weighted by Crippen LogP contribution is 2.30. The van der Waals surface area contributed by atoms with Gasteiger partial charge in [-0.3, -0.25) is 14.6 Å². The standard InChI is InChI=1S/C15H17N5O/c1-3-20-15(12(21-2)9-19-20)13(16)10-5-4-6-11-14(10)18-8-7-17-11/h4-9,13H,3,16H2,1-2H3. The van der Waals surface area contributed by atoms with Crippen LogP contribution in [0.15, 0.2) is 36.8 Å². The topological polar surface area (TPSA) is 78.9 Å². The van der Waals surface area contributed by atoms with E-state index in [-0.39, 0.29) is 6.04 Å². The van der Waals surface area contributed by atoms with E-state index < -0.39 is 0 Å². The fourth-order valence-electron chi connectivity index (χ4n) is 2.51. The van der Waals surface area contributed by atoms with E-state index in [9.17, 15) is 0 Å². The molecule has 2 heterocycles. The van der Waals surface area contributed by atoms with Gasteiger partial charge in [0.05, 0.1) is 30.4 Å². The fraction of sp³-hybridized carbons (Fsp3) is 0.267. The molecular formula is C15H17N5O. The number of para-hydroxylation sites is 1. The molecule has 2 aromatic heterocycles. The van der Waals surface area contributed by atoms with Crippen LogP contribution in [0.2, 0.25) is 0 Å². The monoisotopic (exact) mass is 283 g/mol. The molecule has 1 atom stereocenters. The van der Waals surface area contributed by atoms with Crippen molar-refractivity contribution in [3.05, 3.63) is 48.0 Å². The molecule has 1 unspecified atom stereocenters. The van der Waals surface area contributed by atoms with Crippen LogP contribution in [-0.4, -0.2) is 26.9 Å². The molecule has 0 spiro atoms. The van der Waals surface area contributed by atoms with Crippen molar-refractivity contribution < 1.29 is 4.74 Å². The Labute approximate surface area is 122 Å². The zero-order chi connectivity index (χ0) is 14.8. The van der Waals surface area contributed by atoms with Gasteiger partial charge in [0.25, 0.3) is 0 Å². The number of nitrogens with two attached hydrogens (primary N) is 1. The van der Waals surface area contributed by atoms with E-state index in [0.29, 0.717) is 5.75 Å². The quantitative estimate of drug-likeness (QED) is 0.791. The van der Waals surface area contributed by atoms with Crippen molar-refractivity contribution >= 4 is 11.0 Å². The van der Waals surface area contributed by atoms with Crippen LogP contribution in [0.5, 0.6) is 5.75 Å². The third-order valence-corrected chi connectivity index (χ3v) is 3.52. The Kier molecular flexibility index (Phi) is 3.53. The summed E-state index contributed by atoms with van der Waals surface area (Å²) < 4.78 is 7.23. The lowest BCUT2D eigenvalue weighted by Gasteiger charge is -2.16. The van der Waals surface area contributed by atoms with E-state index >= 15 is 0 Å². The van der Waals surface area contributed by atoms with Gasteiger partial charge in [0.2, 0.25) is 0 Å². The maximum atomic E-state index is 6.47. The molecule has 0 amide bonds. The van der Waals surface area contributed by atoms with Gasteiger partial charge in [0.15, 0.2) is 5.75 Å². The van der Waals surface area contributed by atoms with Gasteiger partial charge in [0.1, 0.15) is 5.69 Å². The first-order valence-electron chi connectivity index (χ1n) is 6.81. The smallest absolute Gasteiger partial charge is 0.161 e. The summed E-state index contributed by atoms with van der Waals surface area (Å²) in [5.74, 6) is 0.685. The molecule has 6 nitrogen and oxygen atoms in total. The first kappa shape index (κ1) is 13.5. The van der Waals surface area contributed by atoms with Gasteiger partial charge in [0, 0.05) is 24.5 Å². The molecule has 0 aliphatic carbocycles. The lowest BCUT2D eigenvalue weighted by molar-refractivity contribution is 0.405. The van der Waals surface area contributed by atoms with Crippen molar-refractivity contribution in [2.75, 3.05) is 7.11 Å². The number of benzene rings is 1. The number of aryl methyl sites for hydroxylation is 1. The van der Waals surface area contributed by atoms with Crippen molar-refractivity contribution in [2.45, 2.75) is 19.5 Å². The number of hydrogen-bond donors (Lipinski definition) is 1. The second-order valence-corrected chi connectivity index (χ2v) is 4.66. The first-order valence-corrected chi connectivity index (χ1v) is 6.81. The predicted octanol–water partition coefficient (Wildman–Crippen LogP) is 1.90. The maximum Gasteiger partial charge on any atom is 0.161 e. The number of aromatic nitrogens is 4. The lowest BCUT2D eigenvalue weighted by Crippen LogP contribution is -2.18. The van der Waals surface area contributed by atoms with Gasteiger partial charge in [-0.2, -0.15) is 5.10 Å². The summed E-state index contributed by atoms with van der Waals surface area (Å²) in [6.07, 6.45) is 5.04. The number of fused-ring (bicyclic) bond motifs is 1. The molecule has 0 bridgehead atoms. The Bertz CT molecular complexity index is 741. The van der Waals surface area contributed by atoms with Crippen molar-refractivity contribution in [2.24, 2.45) is 5.73 Å². The van der Waals surface area contributed by atoms with Gasteiger partial charge in [-0.05, 0) is 13.0 Å². The molecule has 0 fully saturated rings. The molecule has 2 N–H and O–H groups in total. The molecule has 0 aliphatic rings. The van der Waals surface area contributed by atoms with Crippen LogP contribution in [0, 0.1) is 0 Å². The lowest BCUT2D eigenvalue weighted by atomic mass is 10.0. The molecule has 0 saturated heterocycles. The van der Waals surface area contributed by atoms with Crippen LogP contribution >= 0.6 is 0 Å². The Morgan fingerprint density at radius 2 is 2.10 bits per heavy atom.